The Morgan fingerprint density at radius 3 is 1.15 bits per heavy atom. The van der Waals surface area contributed by atoms with E-state index in [1.807, 2.05) is 7.11 Å². The predicted molar refractivity (Wildman–Crippen MR) is 262 cm³/mol. The Morgan fingerprint density at radius 2 is 0.783 bits per heavy atom. The van der Waals surface area contributed by atoms with Crippen molar-refractivity contribution in [3.63, 3.8) is 0 Å². The molecule has 0 heterocycles. The summed E-state index contributed by atoms with van der Waals surface area (Å²) in [4.78, 5) is 25.4. The summed E-state index contributed by atoms with van der Waals surface area (Å²) >= 11 is 0. The maximum absolute atomic E-state index is 12.6. The van der Waals surface area contributed by atoms with Gasteiger partial charge in [-0.15, -0.1) is 0 Å². The maximum Gasteiger partial charge on any atom is 0.306 e. The molecule has 0 saturated carbocycles. The quantitative estimate of drug-likeness (QED) is 0.0373. The SMILES string of the molecule is CCCCCCCCCC(CCCCCCCC)OC.CCCCCCCCCCC(CCCCCCCC)OC(=O)CCCCCCN(CCO)CCCCCCC=O. The van der Waals surface area contributed by atoms with E-state index in [0.29, 0.717) is 18.9 Å². The summed E-state index contributed by atoms with van der Waals surface area (Å²) in [5, 5.41) is 9.37. The summed E-state index contributed by atoms with van der Waals surface area (Å²) in [6, 6.07) is 0. The van der Waals surface area contributed by atoms with Crippen molar-refractivity contribution in [2.75, 3.05) is 33.4 Å². The average Bonchev–Trinajstić information content (AvgIpc) is 3.25. The minimum Gasteiger partial charge on any atom is -0.462 e. The van der Waals surface area contributed by atoms with Gasteiger partial charge in [0, 0.05) is 26.5 Å². The zero-order chi connectivity index (χ0) is 44.3. The molecule has 6 nitrogen and oxygen atoms in total. The number of unbranched alkanes of at least 4 members (excludes halogenated alkanes) is 30. The van der Waals surface area contributed by atoms with Crippen molar-refractivity contribution in [2.24, 2.45) is 0 Å². The number of ether oxygens (including phenoxy) is 2. The second kappa shape index (κ2) is 54.2. The molecule has 1 N–H and O–H groups in total. The zero-order valence-electron chi connectivity index (χ0n) is 41.6. The average molecular weight is 852 g/mol. The van der Waals surface area contributed by atoms with Gasteiger partial charge >= 0.3 is 5.97 Å². The number of carbonyl (C=O) groups excluding carboxylic acids is 2. The first-order valence-electron chi connectivity index (χ1n) is 27.0. The lowest BCUT2D eigenvalue weighted by atomic mass is 10.0. The molecule has 0 aliphatic carbocycles. The molecule has 2 atom stereocenters. The maximum atomic E-state index is 12.6. The van der Waals surface area contributed by atoms with Crippen LogP contribution in [0.25, 0.3) is 0 Å². The highest BCUT2D eigenvalue weighted by atomic mass is 16.5. The lowest BCUT2D eigenvalue weighted by Gasteiger charge is -2.21. The van der Waals surface area contributed by atoms with Gasteiger partial charge in [0.2, 0.25) is 0 Å². The highest BCUT2D eigenvalue weighted by molar-refractivity contribution is 5.69. The fourth-order valence-electron chi connectivity index (χ4n) is 8.38. The molecule has 2 unspecified atom stereocenters. The van der Waals surface area contributed by atoms with E-state index in [2.05, 4.69) is 32.6 Å². The van der Waals surface area contributed by atoms with Gasteiger partial charge in [-0.1, -0.05) is 214 Å². The first kappa shape index (κ1) is 61.1. The van der Waals surface area contributed by atoms with Crippen molar-refractivity contribution < 1.29 is 24.2 Å². The van der Waals surface area contributed by atoms with E-state index in [1.54, 1.807) is 0 Å². The van der Waals surface area contributed by atoms with Crippen LogP contribution in [0.3, 0.4) is 0 Å². The van der Waals surface area contributed by atoms with Gasteiger partial charge in [0.15, 0.2) is 0 Å². The van der Waals surface area contributed by atoms with Crippen LogP contribution >= 0.6 is 0 Å². The number of rotatable bonds is 49. The minimum atomic E-state index is 0.00651. The summed E-state index contributed by atoms with van der Waals surface area (Å²) in [6.45, 7) is 12.1. The summed E-state index contributed by atoms with van der Waals surface area (Å²) in [7, 11) is 1.89. The van der Waals surface area contributed by atoms with Crippen LogP contribution in [0.1, 0.15) is 291 Å². The third-order valence-corrected chi connectivity index (χ3v) is 12.5. The monoisotopic (exact) mass is 852 g/mol. The summed E-state index contributed by atoms with van der Waals surface area (Å²) < 4.78 is 11.6. The van der Waals surface area contributed by atoms with Gasteiger partial charge in [0.1, 0.15) is 12.4 Å². The van der Waals surface area contributed by atoms with E-state index in [1.165, 1.54) is 186 Å². The molecule has 6 heteroatoms. The minimum absolute atomic E-state index is 0.00651. The van der Waals surface area contributed by atoms with Gasteiger partial charge in [-0.05, 0) is 77.3 Å². The molecule has 60 heavy (non-hydrogen) atoms. The second-order valence-corrected chi connectivity index (χ2v) is 18.4. The summed E-state index contributed by atoms with van der Waals surface area (Å²) in [6.07, 6.45) is 52.5. The molecule has 0 spiro atoms. The normalized spacial score (nSPS) is 12.4. The molecule has 0 saturated heterocycles. The Bertz CT molecular complexity index is 809. The molecule has 0 radical (unpaired) electrons. The standard InChI is InChI=1S/C35H69NO4.C19H40O/c1-3-5-7-9-11-12-15-21-27-34(26-20-14-10-8-6-4-2)40-35(39)28-22-16-18-24-30-36(31-33-38)29-23-17-13-19-25-32-37;1-4-6-8-10-12-14-16-18-19(20-3)17-15-13-11-9-7-5-2/h32,34,38H,3-31,33H2,1-2H3;19H,4-18H2,1-3H3. The van der Waals surface area contributed by atoms with Crippen molar-refractivity contribution in [1.82, 2.24) is 4.90 Å². The van der Waals surface area contributed by atoms with Crippen LogP contribution < -0.4 is 0 Å². The van der Waals surface area contributed by atoms with Crippen molar-refractivity contribution in [2.45, 2.75) is 303 Å². The number of methoxy groups -OCH3 is 1. The third kappa shape index (κ3) is 49.7. The number of nitrogens with zero attached hydrogens (tertiary/aromatic N) is 1. The number of hydrogen-bond donors (Lipinski definition) is 1. The van der Waals surface area contributed by atoms with E-state index in [4.69, 9.17) is 9.47 Å². The number of hydrogen-bond acceptors (Lipinski definition) is 6. The van der Waals surface area contributed by atoms with E-state index >= 15 is 0 Å². The first-order valence-corrected chi connectivity index (χ1v) is 27.0. The highest BCUT2D eigenvalue weighted by Crippen LogP contribution is 2.19. The molecule has 0 fully saturated rings. The molecule has 0 rings (SSSR count). The number of aldehydes is 1. The van der Waals surface area contributed by atoms with E-state index in [0.717, 1.165) is 90.1 Å². The predicted octanol–water partition coefficient (Wildman–Crippen LogP) is 16.5. The molecule has 0 aliphatic rings. The molecule has 0 amide bonds. The Hall–Kier alpha value is -0.980. The van der Waals surface area contributed by atoms with Crippen LogP contribution in [0.4, 0.5) is 0 Å². The topological polar surface area (TPSA) is 76.1 Å². The fraction of sp³-hybridized carbons (Fsp3) is 0.963. The number of aliphatic hydroxyl groups is 1. The molecule has 0 aromatic rings. The first-order chi connectivity index (χ1) is 29.5. The molecule has 0 bridgehead atoms. The summed E-state index contributed by atoms with van der Waals surface area (Å²) in [5.41, 5.74) is 0. The van der Waals surface area contributed by atoms with E-state index in [-0.39, 0.29) is 18.7 Å². The molecule has 0 aromatic heterocycles. The van der Waals surface area contributed by atoms with Gasteiger partial charge in [0.25, 0.3) is 0 Å². The Balaban J connectivity index is 0. The highest BCUT2D eigenvalue weighted by Gasteiger charge is 2.14. The van der Waals surface area contributed by atoms with Crippen LogP contribution in [0.5, 0.6) is 0 Å². The van der Waals surface area contributed by atoms with Gasteiger partial charge in [-0.25, -0.2) is 0 Å². The zero-order valence-corrected chi connectivity index (χ0v) is 41.6. The van der Waals surface area contributed by atoms with E-state index < -0.39 is 0 Å². The van der Waals surface area contributed by atoms with Crippen LogP contribution in [-0.4, -0.2) is 67.8 Å². The van der Waals surface area contributed by atoms with Gasteiger partial charge in [-0.3, -0.25) is 4.79 Å². The van der Waals surface area contributed by atoms with Crippen molar-refractivity contribution in [3.05, 3.63) is 0 Å². The molecule has 0 aromatic carbocycles. The van der Waals surface area contributed by atoms with Gasteiger partial charge in [-0.2, -0.15) is 0 Å². The molecule has 360 valence electrons. The number of carbonyl (C=O) groups is 2. The van der Waals surface area contributed by atoms with Crippen LogP contribution in [-0.2, 0) is 19.1 Å². The Labute approximate surface area is 376 Å². The van der Waals surface area contributed by atoms with Crippen molar-refractivity contribution in [1.29, 1.82) is 0 Å². The lowest BCUT2D eigenvalue weighted by Crippen LogP contribution is -2.29. The second-order valence-electron chi connectivity index (χ2n) is 18.4. The van der Waals surface area contributed by atoms with Gasteiger partial charge in [0.05, 0.1) is 12.7 Å². The largest absolute Gasteiger partial charge is 0.462 e. The van der Waals surface area contributed by atoms with Crippen molar-refractivity contribution in [3.8, 4) is 0 Å². The van der Waals surface area contributed by atoms with E-state index in [9.17, 15) is 14.7 Å². The smallest absolute Gasteiger partial charge is 0.306 e. The van der Waals surface area contributed by atoms with Crippen molar-refractivity contribution >= 4 is 12.3 Å². The Morgan fingerprint density at radius 1 is 0.450 bits per heavy atom. The number of aliphatic hydroxyl groups excluding tert-OH is 1. The molecular weight excluding hydrogens is 743 g/mol. The number of esters is 1. The fourth-order valence-corrected chi connectivity index (χ4v) is 8.38. The van der Waals surface area contributed by atoms with Gasteiger partial charge < -0.3 is 24.3 Å². The van der Waals surface area contributed by atoms with Crippen LogP contribution in [0.2, 0.25) is 0 Å². The van der Waals surface area contributed by atoms with Crippen LogP contribution in [0.15, 0.2) is 0 Å². The van der Waals surface area contributed by atoms with Crippen LogP contribution in [0, 0.1) is 0 Å². The molecular formula is C54H109NO5. The lowest BCUT2D eigenvalue weighted by molar-refractivity contribution is -0.150. The molecule has 0 aliphatic heterocycles. The third-order valence-electron chi connectivity index (χ3n) is 12.5. The summed E-state index contributed by atoms with van der Waals surface area (Å²) in [5.74, 6) is 0.00651. The Kier molecular flexibility index (Phi) is 55.2.